The Bertz CT molecular complexity index is 556. The van der Waals surface area contributed by atoms with Crippen LogP contribution in [0.1, 0.15) is 11.3 Å². The molecule has 1 aromatic heterocycles. The van der Waals surface area contributed by atoms with Crippen molar-refractivity contribution in [2.45, 2.75) is 12.8 Å². The van der Waals surface area contributed by atoms with Crippen LogP contribution in [0, 0.1) is 0 Å². The van der Waals surface area contributed by atoms with Gasteiger partial charge in [0.1, 0.15) is 12.4 Å². The van der Waals surface area contributed by atoms with E-state index in [0.717, 1.165) is 12.1 Å². The number of halogens is 3. The van der Waals surface area contributed by atoms with Crippen LogP contribution in [0.25, 0.3) is 0 Å². The smallest absolute Gasteiger partial charge is 0.416 e. The van der Waals surface area contributed by atoms with Crippen molar-refractivity contribution >= 4 is 5.69 Å². The fraction of sp³-hybridized carbons (Fsp3) is 0.154. The largest absolute Gasteiger partial charge is 0.485 e. The average Bonchev–Trinajstić information content (AvgIpc) is 2.37. The van der Waals surface area contributed by atoms with Gasteiger partial charge in [-0.15, -0.1) is 0 Å². The predicted octanol–water partition coefficient (Wildman–Crippen LogP) is 3.26. The highest BCUT2D eigenvalue weighted by Gasteiger charge is 2.30. The van der Waals surface area contributed by atoms with Gasteiger partial charge in [0.25, 0.3) is 0 Å². The molecule has 0 aliphatic carbocycles. The lowest BCUT2D eigenvalue weighted by Crippen LogP contribution is -2.07. The minimum Gasteiger partial charge on any atom is -0.485 e. The number of hydrogen-bond acceptors (Lipinski definition) is 3. The SMILES string of the molecule is Nc1cc(C(F)(F)F)ccc1OCc1ccccn1. The van der Waals surface area contributed by atoms with Gasteiger partial charge in [0, 0.05) is 6.20 Å². The Morgan fingerprint density at radius 2 is 1.95 bits per heavy atom. The van der Waals surface area contributed by atoms with Crippen LogP contribution >= 0.6 is 0 Å². The van der Waals surface area contributed by atoms with E-state index >= 15 is 0 Å². The van der Waals surface area contributed by atoms with Crippen molar-refractivity contribution in [1.29, 1.82) is 0 Å². The first-order valence-electron chi connectivity index (χ1n) is 5.46. The van der Waals surface area contributed by atoms with E-state index in [1.807, 2.05) is 0 Å². The maximum atomic E-state index is 12.4. The molecule has 1 heterocycles. The van der Waals surface area contributed by atoms with E-state index in [0.29, 0.717) is 5.69 Å². The minimum atomic E-state index is -4.41. The van der Waals surface area contributed by atoms with Gasteiger partial charge in [-0.3, -0.25) is 4.98 Å². The fourth-order valence-corrected chi connectivity index (χ4v) is 1.49. The summed E-state index contributed by atoms with van der Waals surface area (Å²) in [4.78, 5) is 4.03. The zero-order chi connectivity index (χ0) is 13.9. The van der Waals surface area contributed by atoms with Gasteiger partial charge in [0.15, 0.2) is 0 Å². The number of ether oxygens (including phenoxy) is 1. The monoisotopic (exact) mass is 268 g/mol. The molecule has 100 valence electrons. The second kappa shape index (κ2) is 5.17. The lowest BCUT2D eigenvalue weighted by Gasteiger charge is -2.11. The van der Waals surface area contributed by atoms with Crippen molar-refractivity contribution in [3.63, 3.8) is 0 Å². The van der Waals surface area contributed by atoms with Crippen LogP contribution in [0.3, 0.4) is 0 Å². The van der Waals surface area contributed by atoms with E-state index in [-0.39, 0.29) is 18.0 Å². The first-order valence-corrected chi connectivity index (χ1v) is 5.46. The van der Waals surface area contributed by atoms with Crippen molar-refractivity contribution in [2.24, 2.45) is 0 Å². The zero-order valence-corrected chi connectivity index (χ0v) is 9.82. The summed E-state index contributed by atoms with van der Waals surface area (Å²) < 4.78 is 42.7. The maximum absolute atomic E-state index is 12.4. The summed E-state index contributed by atoms with van der Waals surface area (Å²) >= 11 is 0. The Hall–Kier alpha value is -2.24. The van der Waals surface area contributed by atoms with Crippen molar-refractivity contribution in [3.8, 4) is 5.75 Å². The van der Waals surface area contributed by atoms with Gasteiger partial charge in [-0.05, 0) is 30.3 Å². The number of anilines is 1. The molecule has 0 radical (unpaired) electrons. The predicted molar refractivity (Wildman–Crippen MR) is 64.4 cm³/mol. The quantitative estimate of drug-likeness (QED) is 0.869. The Morgan fingerprint density at radius 1 is 1.16 bits per heavy atom. The number of hydrogen-bond donors (Lipinski definition) is 1. The molecule has 0 saturated heterocycles. The summed E-state index contributed by atoms with van der Waals surface area (Å²) in [7, 11) is 0. The molecule has 6 heteroatoms. The first kappa shape index (κ1) is 13.2. The van der Waals surface area contributed by atoms with Gasteiger partial charge in [0.2, 0.25) is 0 Å². The summed E-state index contributed by atoms with van der Waals surface area (Å²) in [5, 5.41) is 0. The van der Waals surface area contributed by atoms with Crippen LogP contribution in [0.15, 0.2) is 42.6 Å². The zero-order valence-electron chi connectivity index (χ0n) is 9.82. The number of pyridine rings is 1. The minimum absolute atomic E-state index is 0.0502. The van der Waals surface area contributed by atoms with Gasteiger partial charge in [-0.2, -0.15) is 13.2 Å². The average molecular weight is 268 g/mol. The molecular weight excluding hydrogens is 257 g/mol. The van der Waals surface area contributed by atoms with E-state index in [9.17, 15) is 13.2 Å². The molecule has 1 aromatic carbocycles. The van der Waals surface area contributed by atoms with Crippen LogP contribution in [0.2, 0.25) is 0 Å². The van der Waals surface area contributed by atoms with Crippen molar-refractivity contribution < 1.29 is 17.9 Å². The van der Waals surface area contributed by atoms with E-state index in [2.05, 4.69) is 4.98 Å². The second-order valence-electron chi connectivity index (χ2n) is 3.86. The molecule has 0 fully saturated rings. The number of nitrogens with two attached hydrogens (primary N) is 1. The molecule has 2 aromatic rings. The normalized spacial score (nSPS) is 11.3. The van der Waals surface area contributed by atoms with E-state index in [1.54, 1.807) is 24.4 Å². The van der Waals surface area contributed by atoms with Crippen LogP contribution < -0.4 is 10.5 Å². The standard InChI is InChI=1S/C13H11F3N2O/c14-13(15,16)9-4-5-12(11(17)7-9)19-8-10-3-1-2-6-18-10/h1-7H,8,17H2. The maximum Gasteiger partial charge on any atom is 0.416 e. The molecule has 3 nitrogen and oxygen atoms in total. The number of alkyl halides is 3. The highest BCUT2D eigenvalue weighted by atomic mass is 19.4. The van der Waals surface area contributed by atoms with E-state index in [1.165, 1.54) is 6.07 Å². The topological polar surface area (TPSA) is 48.1 Å². The Labute approximate surface area is 107 Å². The highest BCUT2D eigenvalue weighted by molar-refractivity contribution is 5.54. The molecule has 0 spiro atoms. The molecule has 0 unspecified atom stereocenters. The molecule has 0 aliphatic heterocycles. The third-order valence-corrected chi connectivity index (χ3v) is 2.44. The van der Waals surface area contributed by atoms with Gasteiger partial charge < -0.3 is 10.5 Å². The third kappa shape index (κ3) is 3.37. The van der Waals surface area contributed by atoms with E-state index in [4.69, 9.17) is 10.5 Å². The Morgan fingerprint density at radius 3 is 2.53 bits per heavy atom. The van der Waals surface area contributed by atoms with Crippen molar-refractivity contribution in [1.82, 2.24) is 4.98 Å². The Kier molecular flexibility index (Phi) is 3.59. The summed E-state index contributed by atoms with van der Waals surface area (Å²) in [6, 6.07) is 8.30. The van der Waals surface area contributed by atoms with Gasteiger partial charge >= 0.3 is 6.18 Å². The molecule has 0 amide bonds. The molecule has 0 atom stereocenters. The molecule has 0 bridgehead atoms. The summed E-state index contributed by atoms with van der Waals surface area (Å²) in [5.41, 5.74) is 5.36. The van der Waals surface area contributed by atoms with Gasteiger partial charge in [-0.1, -0.05) is 6.07 Å². The second-order valence-corrected chi connectivity index (χ2v) is 3.86. The van der Waals surface area contributed by atoms with Crippen LogP contribution in [-0.4, -0.2) is 4.98 Å². The van der Waals surface area contributed by atoms with Crippen LogP contribution in [0.4, 0.5) is 18.9 Å². The molecule has 0 aliphatic rings. The number of benzene rings is 1. The lowest BCUT2D eigenvalue weighted by atomic mass is 10.2. The highest BCUT2D eigenvalue weighted by Crippen LogP contribution is 2.33. The molecule has 2 N–H and O–H groups in total. The van der Waals surface area contributed by atoms with Crippen LogP contribution in [0.5, 0.6) is 5.75 Å². The number of rotatable bonds is 3. The Balaban J connectivity index is 2.10. The molecule has 0 saturated carbocycles. The number of aromatic nitrogens is 1. The summed E-state index contributed by atoms with van der Waals surface area (Å²) in [6.07, 6.45) is -2.80. The third-order valence-electron chi connectivity index (χ3n) is 2.44. The van der Waals surface area contributed by atoms with Crippen LogP contribution in [-0.2, 0) is 12.8 Å². The van der Waals surface area contributed by atoms with E-state index < -0.39 is 11.7 Å². The number of nitrogens with zero attached hydrogens (tertiary/aromatic N) is 1. The number of nitrogen functional groups attached to an aromatic ring is 1. The van der Waals surface area contributed by atoms with Crippen molar-refractivity contribution in [3.05, 3.63) is 53.9 Å². The lowest BCUT2D eigenvalue weighted by molar-refractivity contribution is -0.137. The fourth-order valence-electron chi connectivity index (χ4n) is 1.49. The molecular formula is C13H11F3N2O. The summed E-state index contributed by atoms with van der Waals surface area (Å²) in [5.74, 6) is 0.207. The molecule has 2 rings (SSSR count). The molecule has 19 heavy (non-hydrogen) atoms. The first-order chi connectivity index (χ1) is 8.97. The van der Waals surface area contributed by atoms with Gasteiger partial charge in [0.05, 0.1) is 16.9 Å². The van der Waals surface area contributed by atoms with Gasteiger partial charge in [-0.25, -0.2) is 0 Å². The van der Waals surface area contributed by atoms with Crippen molar-refractivity contribution in [2.75, 3.05) is 5.73 Å². The summed E-state index contributed by atoms with van der Waals surface area (Å²) in [6.45, 7) is 0.149.